The second kappa shape index (κ2) is 6.24. The van der Waals surface area contributed by atoms with Crippen LogP contribution in [-0.4, -0.2) is 35.3 Å². The lowest BCUT2D eigenvalue weighted by Crippen LogP contribution is -2.64. The summed E-state index contributed by atoms with van der Waals surface area (Å²) in [4.78, 5) is 26.0. The number of carbonyl (C=O) groups is 2. The molecule has 0 aliphatic carbocycles. The first kappa shape index (κ1) is 15.5. The van der Waals surface area contributed by atoms with Gasteiger partial charge < -0.3 is 10.2 Å². The van der Waals surface area contributed by atoms with Gasteiger partial charge in [-0.1, -0.05) is 32.0 Å². The summed E-state index contributed by atoms with van der Waals surface area (Å²) < 4.78 is 13.6. The molecule has 1 N–H and O–H groups in total. The largest absolute Gasteiger partial charge is 0.342 e. The summed E-state index contributed by atoms with van der Waals surface area (Å²) in [5, 5.41) is 2.75. The topological polar surface area (TPSA) is 49.4 Å². The number of amides is 2. The van der Waals surface area contributed by atoms with E-state index in [1.54, 1.807) is 30.0 Å². The Labute approximate surface area is 124 Å². The molecular formula is C16H21FN2O2. The van der Waals surface area contributed by atoms with Crippen molar-refractivity contribution in [2.45, 2.75) is 39.3 Å². The third-order valence-electron chi connectivity index (χ3n) is 3.94. The summed E-state index contributed by atoms with van der Waals surface area (Å²) in [7, 11) is 0. The Hall–Kier alpha value is -1.91. The van der Waals surface area contributed by atoms with Crippen molar-refractivity contribution in [2.75, 3.05) is 6.54 Å². The van der Waals surface area contributed by atoms with Crippen molar-refractivity contribution >= 4 is 11.8 Å². The van der Waals surface area contributed by atoms with Crippen LogP contribution in [0.2, 0.25) is 0 Å². The fourth-order valence-electron chi connectivity index (χ4n) is 2.54. The van der Waals surface area contributed by atoms with Gasteiger partial charge in [0.05, 0.1) is 0 Å². The maximum Gasteiger partial charge on any atom is 0.246 e. The van der Waals surface area contributed by atoms with Crippen LogP contribution in [0.4, 0.5) is 4.39 Å². The molecule has 1 heterocycles. The Kier molecular flexibility index (Phi) is 4.60. The molecule has 2 atom stereocenters. The van der Waals surface area contributed by atoms with Crippen molar-refractivity contribution in [2.24, 2.45) is 5.92 Å². The van der Waals surface area contributed by atoms with Crippen LogP contribution in [0.15, 0.2) is 24.3 Å². The first-order valence-electron chi connectivity index (χ1n) is 7.26. The van der Waals surface area contributed by atoms with Crippen molar-refractivity contribution < 1.29 is 14.0 Å². The third-order valence-corrected chi connectivity index (χ3v) is 3.94. The van der Waals surface area contributed by atoms with Crippen molar-refractivity contribution in [3.63, 3.8) is 0 Å². The van der Waals surface area contributed by atoms with Crippen LogP contribution in [0, 0.1) is 11.7 Å². The van der Waals surface area contributed by atoms with E-state index in [4.69, 9.17) is 0 Å². The average Bonchev–Trinajstić information content (AvgIpc) is 2.44. The highest BCUT2D eigenvalue weighted by Gasteiger charge is 2.39. The molecule has 1 saturated heterocycles. The molecule has 2 rings (SSSR count). The molecule has 0 saturated carbocycles. The number of nitrogens with one attached hydrogen (secondary N) is 1. The normalized spacial score (nSPS) is 22.6. The molecule has 2 unspecified atom stereocenters. The number of carbonyl (C=O) groups excluding carboxylic acids is 2. The molecule has 0 radical (unpaired) electrons. The summed E-state index contributed by atoms with van der Waals surface area (Å²) in [6, 6.07) is 5.50. The van der Waals surface area contributed by atoms with E-state index in [1.807, 2.05) is 13.8 Å². The lowest BCUT2D eigenvalue weighted by molar-refractivity contribution is -0.149. The molecule has 4 nitrogen and oxygen atoms in total. The first-order valence-corrected chi connectivity index (χ1v) is 7.26. The van der Waals surface area contributed by atoms with Gasteiger partial charge in [-0.2, -0.15) is 0 Å². The highest BCUT2D eigenvalue weighted by molar-refractivity contribution is 5.96. The fraction of sp³-hybridized carbons (Fsp3) is 0.500. The molecule has 21 heavy (non-hydrogen) atoms. The SMILES string of the molecule is CC(C)C1NC(=O)C(C)N(CCc2ccccc2F)C1=O. The Bertz CT molecular complexity index is 545. The number of piperazine rings is 1. The second-order valence-corrected chi connectivity index (χ2v) is 5.78. The average molecular weight is 292 g/mol. The number of halogens is 1. The molecule has 0 spiro atoms. The maximum absolute atomic E-state index is 13.6. The smallest absolute Gasteiger partial charge is 0.246 e. The quantitative estimate of drug-likeness (QED) is 0.919. The summed E-state index contributed by atoms with van der Waals surface area (Å²) in [6.07, 6.45) is 0.404. The van der Waals surface area contributed by atoms with Gasteiger partial charge in [0.2, 0.25) is 11.8 Å². The van der Waals surface area contributed by atoms with Gasteiger partial charge in [0, 0.05) is 6.54 Å². The van der Waals surface area contributed by atoms with Crippen molar-refractivity contribution in [1.82, 2.24) is 10.2 Å². The Morgan fingerprint density at radius 1 is 1.29 bits per heavy atom. The maximum atomic E-state index is 13.6. The van der Waals surface area contributed by atoms with Crippen LogP contribution in [0.1, 0.15) is 26.3 Å². The number of hydrogen-bond donors (Lipinski definition) is 1. The lowest BCUT2D eigenvalue weighted by atomic mass is 9.98. The van der Waals surface area contributed by atoms with E-state index in [2.05, 4.69) is 5.32 Å². The van der Waals surface area contributed by atoms with E-state index in [-0.39, 0.29) is 23.5 Å². The molecule has 2 amide bonds. The van der Waals surface area contributed by atoms with Crippen molar-refractivity contribution in [3.8, 4) is 0 Å². The summed E-state index contributed by atoms with van der Waals surface area (Å²) >= 11 is 0. The van der Waals surface area contributed by atoms with Gasteiger partial charge in [-0.15, -0.1) is 0 Å². The highest BCUT2D eigenvalue weighted by Crippen LogP contribution is 2.17. The van der Waals surface area contributed by atoms with E-state index in [9.17, 15) is 14.0 Å². The lowest BCUT2D eigenvalue weighted by Gasteiger charge is -2.38. The van der Waals surface area contributed by atoms with E-state index < -0.39 is 12.1 Å². The van der Waals surface area contributed by atoms with Gasteiger partial charge in [-0.25, -0.2) is 4.39 Å². The van der Waals surface area contributed by atoms with E-state index >= 15 is 0 Å². The Balaban J connectivity index is 2.11. The summed E-state index contributed by atoms with van der Waals surface area (Å²) in [5.74, 6) is -0.486. The number of benzene rings is 1. The Morgan fingerprint density at radius 3 is 2.57 bits per heavy atom. The van der Waals surface area contributed by atoms with Crippen LogP contribution < -0.4 is 5.32 Å². The molecule has 114 valence electrons. The zero-order valence-electron chi connectivity index (χ0n) is 12.6. The van der Waals surface area contributed by atoms with Crippen molar-refractivity contribution in [3.05, 3.63) is 35.6 Å². The van der Waals surface area contributed by atoms with Gasteiger partial charge in [0.25, 0.3) is 0 Å². The molecule has 1 aliphatic heterocycles. The van der Waals surface area contributed by atoms with Crippen LogP contribution in [0.3, 0.4) is 0 Å². The van der Waals surface area contributed by atoms with Gasteiger partial charge in [-0.3, -0.25) is 9.59 Å². The predicted octanol–water partition coefficient (Wildman–Crippen LogP) is 1.74. The van der Waals surface area contributed by atoms with Gasteiger partial charge in [0.15, 0.2) is 0 Å². The van der Waals surface area contributed by atoms with E-state index in [0.29, 0.717) is 18.5 Å². The predicted molar refractivity (Wildman–Crippen MR) is 78.0 cm³/mol. The molecule has 0 bridgehead atoms. The molecular weight excluding hydrogens is 271 g/mol. The van der Waals surface area contributed by atoms with Crippen LogP contribution in [0.5, 0.6) is 0 Å². The standard InChI is InChI=1S/C16H21FN2O2/c1-10(2)14-16(21)19(11(3)15(20)18-14)9-8-12-6-4-5-7-13(12)17/h4-7,10-11,14H,8-9H2,1-3H3,(H,18,20). The number of nitrogens with zero attached hydrogens (tertiary/aromatic N) is 1. The van der Waals surface area contributed by atoms with Crippen molar-refractivity contribution in [1.29, 1.82) is 0 Å². The van der Waals surface area contributed by atoms with Gasteiger partial charge in [0.1, 0.15) is 17.9 Å². The molecule has 5 heteroatoms. The minimum absolute atomic E-state index is 0.0323. The summed E-state index contributed by atoms with van der Waals surface area (Å²) in [5.41, 5.74) is 0.560. The minimum atomic E-state index is -0.515. The highest BCUT2D eigenvalue weighted by atomic mass is 19.1. The molecule has 1 aromatic rings. The third kappa shape index (κ3) is 3.23. The number of rotatable bonds is 4. The van der Waals surface area contributed by atoms with Crippen LogP contribution in [0.25, 0.3) is 0 Å². The fourth-order valence-corrected chi connectivity index (χ4v) is 2.54. The zero-order chi connectivity index (χ0) is 15.6. The minimum Gasteiger partial charge on any atom is -0.342 e. The first-order chi connectivity index (χ1) is 9.91. The monoisotopic (exact) mass is 292 g/mol. The van der Waals surface area contributed by atoms with Crippen LogP contribution in [-0.2, 0) is 16.0 Å². The molecule has 1 aliphatic rings. The van der Waals surface area contributed by atoms with E-state index in [0.717, 1.165) is 0 Å². The Morgan fingerprint density at radius 2 is 1.95 bits per heavy atom. The summed E-state index contributed by atoms with van der Waals surface area (Å²) in [6.45, 7) is 5.84. The van der Waals surface area contributed by atoms with E-state index in [1.165, 1.54) is 6.07 Å². The second-order valence-electron chi connectivity index (χ2n) is 5.78. The molecule has 0 aromatic heterocycles. The van der Waals surface area contributed by atoms with Gasteiger partial charge in [-0.05, 0) is 30.9 Å². The molecule has 1 fully saturated rings. The molecule has 1 aromatic carbocycles. The van der Waals surface area contributed by atoms with Crippen LogP contribution >= 0.6 is 0 Å². The zero-order valence-corrected chi connectivity index (χ0v) is 12.6. The van der Waals surface area contributed by atoms with Gasteiger partial charge >= 0.3 is 0 Å². The number of hydrogen-bond acceptors (Lipinski definition) is 2.